The second-order valence-corrected chi connectivity index (χ2v) is 17.6. The smallest absolute Gasteiger partial charge is 0.303 e. The molecule has 2 rings (SSSR count). The van der Waals surface area contributed by atoms with E-state index < -0.39 is 103 Å². The van der Waals surface area contributed by atoms with Crippen molar-refractivity contribution < 1.29 is 53.1 Å². The maximum atomic E-state index is 14.1. The third-order valence-corrected chi connectivity index (χ3v) is 11.6. The number of carbonyl (C=O) groups is 10. The van der Waals surface area contributed by atoms with E-state index in [2.05, 4.69) is 47.2 Å². The first kappa shape index (κ1) is 59.2. The average molecular weight is 983 g/mol. The van der Waals surface area contributed by atoms with Crippen molar-refractivity contribution in [3.8, 4) is 0 Å². The van der Waals surface area contributed by atoms with Gasteiger partial charge in [-0.3, -0.25) is 47.9 Å². The Morgan fingerprint density at radius 1 is 0.614 bits per heavy atom. The number of rotatable bonds is 35. The van der Waals surface area contributed by atoms with Crippen LogP contribution in [0.25, 0.3) is 0 Å². The molecule has 0 aliphatic carbocycles. The molecule has 8 atom stereocenters. The van der Waals surface area contributed by atoms with Gasteiger partial charge in [-0.1, -0.05) is 70.9 Å². The van der Waals surface area contributed by atoms with E-state index in [1.165, 1.54) is 12.5 Å². The van der Waals surface area contributed by atoms with E-state index in [0.717, 1.165) is 18.4 Å². The van der Waals surface area contributed by atoms with Gasteiger partial charge in [-0.15, -0.1) is 0 Å². The summed E-state index contributed by atoms with van der Waals surface area (Å²) in [5, 5.41) is 27.8. The van der Waals surface area contributed by atoms with Crippen LogP contribution in [-0.2, 0) is 60.8 Å². The number of carboxylic acid groups (broad SMARTS) is 1. The van der Waals surface area contributed by atoms with Crippen LogP contribution in [0.5, 0.6) is 0 Å². The number of imidazole rings is 1. The fraction of sp³-hybridized carbons (Fsp3) is 0.596. The third-order valence-electron chi connectivity index (χ3n) is 11.6. The summed E-state index contributed by atoms with van der Waals surface area (Å²) in [6.45, 7) is 7.88. The number of carboxylic acids is 1. The minimum absolute atomic E-state index is 0.0307. The van der Waals surface area contributed by atoms with E-state index in [9.17, 15) is 53.1 Å². The van der Waals surface area contributed by atoms with Gasteiger partial charge in [0.2, 0.25) is 53.2 Å². The molecular weight excluding hydrogens is 909 g/mol. The Balaban J connectivity index is 2.25. The van der Waals surface area contributed by atoms with Crippen molar-refractivity contribution in [3.05, 3.63) is 54.1 Å². The lowest BCUT2D eigenvalue weighted by Gasteiger charge is -2.26. The first-order valence-electron chi connectivity index (χ1n) is 23.8. The van der Waals surface area contributed by atoms with Gasteiger partial charge in [0.1, 0.15) is 36.3 Å². The van der Waals surface area contributed by atoms with Gasteiger partial charge in [0, 0.05) is 50.5 Å². The molecular formula is C47H74N12O11. The van der Waals surface area contributed by atoms with Crippen molar-refractivity contribution in [1.29, 1.82) is 0 Å². The number of primary amides is 2. The molecule has 0 unspecified atom stereocenters. The average Bonchev–Trinajstić information content (AvgIpc) is 3.83. The Kier molecular flexibility index (Phi) is 27.1. The molecule has 2 aromatic rings. The van der Waals surface area contributed by atoms with Crippen LogP contribution in [-0.4, -0.2) is 124 Å². The Morgan fingerprint density at radius 2 is 1.13 bits per heavy atom. The number of aliphatic carboxylic acids is 1. The van der Waals surface area contributed by atoms with Crippen LogP contribution >= 0.6 is 0 Å². The normalized spacial score (nSPS) is 14.4. The molecule has 0 saturated heterocycles. The summed E-state index contributed by atoms with van der Waals surface area (Å²) in [4.78, 5) is 137. The second-order valence-electron chi connectivity index (χ2n) is 17.6. The number of amides is 9. The first-order chi connectivity index (χ1) is 33.3. The SMILES string of the molecule is CC[C@H](C)CC(=O)N[C@@H](CCCCNC(=O)[C@H](CC(N)=O)NC(=O)[C@@H](CCC(=O)O)NC(=O)[C@H](Cc1cnc[nH]1)NC(=O)[C@@H](Cc1ccccc1)NC(=O)C[C@@H](C)CC)C(=O)N[C@H](CCCN)C(N)=O. The van der Waals surface area contributed by atoms with Crippen LogP contribution in [0.1, 0.15) is 116 Å². The number of H-pyrrole nitrogens is 1. The zero-order valence-electron chi connectivity index (χ0n) is 40.7. The van der Waals surface area contributed by atoms with Gasteiger partial charge >= 0.3 is 5.97 Å². The van der Waals surface area contributed by atoms with Crippen LogP contribution in [0.2, 0.25) is 0 Å². The largest absolute Gasteiger partial charge is 0.481 e. The van der Waals surface area contributed by atoms with Crippen molar-refractivity contribution >= 4 is 59.1 Å². The molecule has 9 amide bonds. The number of hydrogen-bond donors (Lipinski definition) is 12. The fourth-order valence-electron chi connectivity index (χ4n) is 7.03. The van der Waals surface area contributed by atoms with Crippen LogP contribution in [0, 0.1) is 11.8 Å². The summed E-state index contributed by atoms with van der Waals surface area (Å²) in [6.07, 6.45) is 3.91. The summed E-state index contributed by atoms with van der Waals surface area (Å²) in [7, 11) is 0. The van der Waals surface area contributed by atoms with E-state index in [4.69, 9.17) is 17.2 Å². The van der Waals surface area contributed by atoms with Gasteiger partial charge in [0.05, 0.1) is 12.7 Å². The lowest BCUT2D eigenvalue weighted by molar-refractivity contribution is -0.138. The minimum atomic E-state index is -1.61. The summed E-state index contributed by atoms with van der Waals surface area (Å²) in [5.41, 5.74) is 17.6. The number of hydrogen-bond acceptors (Lipinski definition) is 12. The number of aromatic nitrogens is 2. The first-order valence-corrected chi connectivity index (χ1v) is 23.8. The molecule has 70 heavy (non-hydrogen) atoms. The van der Waals surface area contributed by atoms with Crippen LogP contribution in [0.3, 0.4) is 0 Å². The minimum Gasteiger partial charge on any atom is -0.481 e. The maximum absolute atomic E-state index is 14.1. The molecule has 23 heteroatoms. The maximum Gasteiger partial charge on any atom is 0.303 e. The van der Waals surface area contributed by atoms with E-state index in [0.29, 0.717) is 12.1 Å². The summed E-state index contributed by atoms with van der Waals surface area (Å²) in [5.74, 6) is -7.86. The van der Waals surface area contributed by atoms with Crippen molar-refractivity contribution in [2.75, 3.05) is 13.1 Å². The van der Waals surface area contributed by atoms with Gasteiger partial charge in [0.15, 0.2) is 0 Å². The highest BCUT2D eigenvalue weighted by atomic mass is 16.4. The molecule has 0 aliphatic heterocycles. The predicted molar refractivity (Wildman–Crippen MR) is 257 cm³/mol. The Bertz CT molecular complexity index is 2020. The van der Waals surface area contributed by atoms with Gasteiger partial charge in [-0.2, -0.15) is 0 Å². The molecule has 1 heterocycles. The number of nitrogens with one attached hydrogen (secondary N) is 8. The van der Waals surface area contributed by atoms with Gasteiger partial charge < -0.3 is 64.5 Å². The quantitative estimate of drug-likeness (QED) is 0.0378. The Hall–Kier alpha value is -6.91. The lowest BCUT2D eigenvalue weighted by Crippen LogP contribution is -2.59. The number of unbranched alkanes of at least 4 members (excludes halogenated alkanes) is 1. The monoisotopic (exact) mass is 983 g/mol. The van der Waals surface area contributed by atoms with Crippen LogP contribution in [0.4, 0.5) is 0 Å². The van der Waals surface area contributed by atoms with Crippen molar-refractivity contribution in [1.82, 2.24) is 47.2 Å². The van der Waals surface area contributed by atoms with Crippen LogP contribution in [0.15, 0.2) is 42.9 Å². The summed E-state index contributed by atoms with van der Waals surface area (Å²) < 4.78 is 0. The molecule has 15 N–H and O–H groups in total. The summed E-state index contributed by atoms with van der Waals surface area (Å²) >= 11 is 0. The van der Waals surface area contributed by atoms with E-state index in [1.807, 2.05) is 27.7 Å². The van der Waals surface area contributed by atoms with Crippen LogP contribution < -0.4 is 54.4 Å². The zero-order chi connectivity index (χ0) is 52.2. The Labute approximate surface area is 408 Å². The second kappa shape index (κ2) is 32.0. The third kappa shape index (κ3) is 23.4. The molecule has 0 bridgehead atoms. The van der Waals surface area contributed by atoms with E-state index >= 15 is 0 Å². The van der Waals surface area contributed by atoms with Crippen molar-refractivity contribution in [2.45, 2.75) is 154 Å². The van der Waals surface area contributed by atoms with Gasteiger partial charge in [-0.05, 0) is 62.5 Å². The molecule has 23 nitrogen and oxygen atoms in total. The standard InChI is InChI=1S/C47H74N12O11/c1-5-28(3)21-39(61)54-33(44(67)56-32(42(50)65)16-12-19-48)15-10-11-20-52-43(66)37(25-38(49)60)59-45(68)34(17-18-41(63)64)57-47(70)36(24-31-26-51-27-53-31)58-46(69)35(23-30-13-8-7-9-14-30)55-40(62)22-29(4)6-2/h7-9,13-14,26-29,32-37H,5-6,10-12,15-25,48H2,1-4H3,(H2,49,60)(H2,50,65)(H,51,53)(H,52,66)(H,54,61)(H,55,62)(H,56,67)(H,57,70)(H,58,69)(H,59,68)(H,63,64)/t28-,29-,32+,33-,34+,35+,36-,37-/m0/s1. The molecule has 388 valence electrons. The predicted octanol–water partition coefficient (Wildman–Crippen LogP) is -0.773. The molecule has 0 radical (unpaired) electrons. The molecule has 0 fully saturated rings. The highest BCUT2D eigenvalue weighted by Crippen LogP contribution is 2.12. The lowest BCUT2D eigenvalue weighted by atomic mass is 10.0. The molecule has 0 aliphatic rings. The Morgan fingerprint density at radius 3 is 1.66 bits per heavy atom. The summed E-state index contributed by atoms with van der Waals surface area (Å²) in [6, 6.07) is 1.14. The molecule has 0 spiro atoms. The fourth-order valence-corrected chi connectivity index (χ4v) is 7.03. The highest BCUT2D eigenvalue weighted by molar-refractivity contribution is 5.97. The molecule has 0 saturated carbocycles. The highest BCUT2D eigenvalue weighted by Gasteiger charge is 2.33. The van der Waals surface area contributed by atoms with Crippen molar-refractivity contribution in [2.24, 2.45) is 29.0 Å². The van der Waals surface area contributed by atoms with Gasteiger partial charge in [0.25, 0.3) is 0 Å². The zero-order valence-corrected chi connectivity index (χ0v) is 40.7. The molecule has 1 aromatic carbocycles. The number of aromatic amines is 1. The number of benzene rings is 1. The number of nitrogens with two attached hydrogens (primary N) is 3. The van der Waals surface area contributed by atoms with E-state index in [-0.39, 0.29) is 88.1 Å². The number of carbonyl (C=O) groups excluding carboxylic acids is 9. The van der Waals surface area contributed by atoms with Crippen molar-refractivity contribution in [3.63, 3.8) is 0 Å². The molecule has 1 aromatic heterocycles. The number of nitrogens with zero attached hydrogens (tertiary/aromatic N) is 1. The van der Waals surface area contributed by atoms with Gasteiger partial charge in [-0.25, -0.2) is 4.98 Å². The topological polar surface area (TPSA) is 382 Å². The van der Waals surface area contributed by atoms with E-state index in [1.54, 1.807) is 30.3 Å².